The third kappa shape index (κ3) is 4.71. The van der Waals surface area contributed by atoms with Gasteiger partial charge in [-0.2, -0.15) is 0 Å². The van der Waals surface area contributed by atoms with Crippen molar-refractivity contribution in [2.24, 2.45) is 0 Å². The third-order valence-corrected chi connectivity index (χ3v) is 7.20. The Morgan fingerprint density at radius 3 is 2.61 bits per heavy atom. The van der Waals surface area contributed by atoms with Crippen LogP contribution in [-0.4, -0.2) is 63.4 Å². The summed E-state index contributed by atoms with van der Waals surface area (Å²) in [5, 5.41) is 9.62. The first kappa shape index (κ1) is 22.2. The number of hydrogen-bond donors (Lipinski definition) is 0. The molecule has 2 aliphatic heterocycles. The molecular formula is C24H28N4O4S. The predicted octanol–water partition coefficient (Wildman–Crippen LogP) is 4.07. The van der Waals surface area contributed by atoms with E-state index in [4.69, 9.17) is 13.9 Å². The van der Waals surface area contributed by atoms with Gasteiger partial charge in [0.25, 0.3) is 0 Å². The van der Waals surface area contributed by atoms with Gasteiger partial charge in [0, 0.05) is 38.1 Å². The number of likely N-dealkylation sites (tertiary alicyclic amines) is 1. The number of aryl methyl sites for hydroxylation is 1. The molecule has 9 heteroatoms. The Hall–Kier alpha value is -2.62. The van der Waals surface area contributed by atoms with Crippen LogP contribution < -0.4 is 0 Å². The summed E-state index contributed by atoms with van der Waals surface area (Å²) in [4.78, 5) is 14.6. The normalized spacial score (nSPS) is 17.7. The number of furan rings is 1. The topological polar surface area (TPSA) is 82.6 Å². The molecule has 2 fully saturated rings. The fourth-order valence-electron chi connectivity index (χ4n) is 4.39. The second-order valence-electron chi connectivity index (χ2n) is 8.35. The van der Waals surface area contributed by atoms with Crippen LogP contribution in [0.1, 0.15) is 31.2 Å². The molecule has 0 radical (unpaired) electrons. The van der Waals surface area contributed by atoms with E-state index in [2.05, 4.69) is 29.3 Å². The van der Waals surface area contributed by atoms with Crippen molar-refractivity contribution in [3.63, 3.8) is 0 Å². The molecule has 1 spiro atoms. The van der Waals surface area contributed by atoms with Crippen LogP contribution in [0.5, 0.6) is 0 Å². The third-order valence-electron chi connectivity index (χ3n) is 6.19. The van der Waals surface area contributed by atoms with Crippen molar-refractivity contribution in [2.75, 3.05) is 32.1 Å². The molecule has 2 saturated heterocycles. The van der Waals surface area contributed by atoms with E-state index in [1.54, 1.807) is 18.0 Å². The van der Waals surface area contributed by atoms with Crippen LogP contribution in [0, 0.1) is 6.92 Å². The molecule has 5 rings (SSSR count). The lowest BCUT2D eigenvalue weighted by molar-refractivity contribution is -0.187. The number of piperidine rings is 1. The van der Waals surface area contributed by atoms with Crippen LogP contribution in [0.3, 0.4) is 0 Å². The van der Waals surface area contributed by atoms with Gasteiger partial charge in [0.05, 0.1) is 25.2 Å². The molecule has 2 aromatic heterocycles. The van der Waals surface area contributed by atoms with Gasteiger partial charge in [-0.3, -0.25) is 9.36 Å². The highest BCUT2D eigenvalue weighted by Crippen LogP contribution is 2.32. The van der Waals surface area contributed by atoms with Crippen molar-refractivity contribution in [3.05, 3.63) is 48.2 Å². The lowest BCUT2D eigenvalue weighted by Gasteiger charge is -2.37. The average Bonchev–Trinajstić information content (AvgIpc) is 3.59. The molecule has 0 aliphatic carbocycles. The monoisotopic (exact) mass is 468 g/mol. The SMILES string of the molecule is Cc1ccccc1-n1c(SCCCC(=O)N2CCC3(CC2)OCCO3)nnc1-c1ccco1. The van der Waals surface area contributed by atoms with Gasteiger partial charge < -0.3 is 18.8 Å². The van der Waals surface area contributed by atoms with Gasteiger partial charge in [0.2, 0.25) is 11.7 Å². The minimum Gasteiger partial charge on any atom is -0.461 e. The number of nitrogens with zero attached hydrogens (tertiary/aromatic N) is 4. The first-order valence-corrected chi connectivity index (χ1v) is 12.4. The molecule has 2 aliphatic rings. The molecule has 0 bridgehead atoms. The molecule has 1 aromatic carbocycles. The number of aromatic nitrogens is 3. The summed E-state index contributed by atoms with van der Waals surface area (Å²) in [6, 6.07) is 11.9. The Morgan fingerprint density at radius 1 is 1.09 bits per heavy atom. The van der Waals surface area contributed by atoms with Crippen molar-refractivity contribution >= 4 is 17.7 Å². The lowest BCUT2D eigenvalue weighted by Crippen LogP contribution is -2.47. The van der Waals surface area contributed by atoms with Crippen molar-refractivity contribution in [3.8, 4) is 17.3 Å². The van der Waals surface area contributed by atoms with Crippen molar-refractivity contribution in [1.29, 1.82) is 0 Å². The van der Waals surface area contributed by atoms with E-state index >= 15 is 0 Å². The Labute approximate surface area is 197 Å². The van der Waals surface area contributed by atoms with Gasteiger partial charge in [-0.05, 0) is 37.1 Å². The van der Waals surface area contributed by atoms with Crippen LogP contribution >= 0.6 is 11.8 Å². The summed E-state index contributed by atoms with van der Waals surface area (Å²) in [7, 11) is 0. The smallest absolute Gasteiger partial charge is 0.222 e. The van der Waals surface area contributed by atoms with E-state index in [1.165, 1.54) is 0 Å². The summed E-state index contributed by atoms with van der Waals surface area (Å²) in [6.07, 6.45) is 4.43. The molecule has 0 unspecified atom stereocenters. The maximum Gasteiger partial charge on any atom is 0.222 e. The zero-order valence-corrected chi connectivity index (χ0v) is 19.6. The minimum absolute atomic E-state index is 0.195. The number of amides is 1. The highest BCUT2D eigenvalue weighted by molar-refractivity contribution is 7.99. The number of rotatable bonds is 7. The van der Waals surface area contributed by atoms with E-state index in [0.29, 0.717) is 44.3 Å². The zero-order valence-electron chi connectivity index (χ0n) is 18.7. The molecule has 8 nitrogen and oxygen atoms in total. The molecular weight excluding hydrogens is 440 g/mol. The Kier molecular flexibility index (Phi) is 6.52. The fraction of sp³-hybridized carbons (Fsp3) is 0.458. The van der Waals surface area contributed by atoms with Gasteiger partial charge in [0.15, 0.2) is 16.7 Å². The molecule has 33 heavy (non-hydrogen) atoms. The predicted molar refractivity (Wildman–Crippen MR) is 124 cm³/mol. The Bertz CT molecular complexity index is 1080. The largest absolute Gasteiger partial charge is 0.461 e. The molecule has 4 heterocycles. The van der Waals surface area contributed by atoms with Gasteiger partial charge in [-0.25, -0.2) is 0 Å². The molecule has 174 valence electrons. The lowest BCUT2D eigenvalue weighted by atomic mass is 10.0. The number of hydrogen-bond acceptors (Lipinski definition) is 7. The quantitative estimate of drug-likeness (QED) is 0.382. The number of benzene rings is 1. The van der Waals surface area contributed by atoms with Crippen molar-refractivity contribution in [2.45, 2.75) is 43.6 Å². The number of ether oxygens (including phenoxy) is 2. The number of para-hydroxylation sites is 1. The van der Waals surface area contributed by atoms with Crippen LogP contribution in [0.4, 0.5) is 0 Å². The van der Waals surface area contributed by atoms with Crippen LogP contribution in [0.25, 0.3) is 17.3 Å². The van der Waals surface area contributed by atoms with Gasteiger partial charge >= 0.3 is 0 Å². The van der Waals surface area contributed by atoms with Crippen LogP contribution in [0.2, 0.25) is 0 Å². The fourth-order valence-corrected chi connectivity index (χ4v) is 5.27. The van der Waals surface area contributed by atoms with Crippen LogP contribution in [-0.2, 0) is 14.3 Å². The van der Waals surface area contributed by atoms with Gasteiger partial charge in [0.1, 0.15) is 0 Å². The molecule has 0 N–H and O–H groups in total. The van der Waals surface area contributed by atoms with E-state index in [1.807, 2.05) is 33.7 Å². The first-order chi connectivity index (χ1) is 16.2. The van der Waals surface area contributed by atoms with E-state index in [9.17, 15) is 4.79 Å². The van der Waals surface area contributed by atoms with Crippen molar-refractivity contribution in [1.82, 2.24) is 19.7 Å². The van der Waals surface area contributed by atoms with E-state index in [0.717, 1.165) is 41.4 Å². The van der Waals surface area contributed by atoms with E-state index in [-0.39, 0.29) is 5.91 Å². The second-order valence-corrected chi connectivity index (χ2v) is 9.41. The standard InChI is InChI=1S/C24H28N4O4S/c1-18-6-2-3-7-19(18)28-22(20-8-4-14-30-20)25-26-23(28)33-17-5-9-21(29)27-12-10-24(11-13-27)31-15-16-32-24/h2-4,6-8,14H,5,9-13,15-17H2,1H3. The molecule has 0 atom stereocenters. The number of thioether (sulfide) groups is 1. The van der Waals surface area contributed by atoms with Gasteiger partial charge in [-0.1, -0.05) is 30.0 Å². The zero-order chi connectivity index (χ0) is 22.7. The number of carbonyl (C=O) groups excluding carboxylic acids is 1. The summed E-state index contributed by atoms with van der Waals surface area (Å²) in [5.74, 6) is 1.87. The summed E-state index contributed by atoms with van der Waals surface area (Å²) < 4.78 is 19.1. The Balaban J connectivity index is 1.20. The maximum absolute atomic E-state index is 12.7. The van der Waals surface area contributed by atoms with Crippen molar-refractivity contribution < 1.29 is 18.7 Å². The summed E-state index contributed by atoms with van der Waals surface area (Å²) in [5.41, 5.74) is 2.14. The highest BCUT2D eigenvalue weighted by Gasteiger charge is 2.40. The molecule has 3 aromatic rings. The van der Waals surface area contributed by atoms with E-state index < -0.39 is 5.79 Å². The maximum atomic E-state index is 12.7. The average molecular weight is 469 g/mol. The second kappa shape index (κ2) is 9.70. The molecule has 0 saturated carbocycles. The molecule has 1 amide bonds. The van der Waals surface area contributed by atoms with Crippen LogP contribution in [0.15, 0.2) is 52.2 Å². The minimum atomic E-state index is -0.446. The highest BCUT2D eigenvalue weighted by atomic mass is 32.2. The number of carbonyl (C=O) groups is 1. The summed E-state index contributed by atoms with van der Waals surface area (Å²) >= 11 is 1.61. The van der Waals surface area contributed by atoms with Gasteiger partial charge in [-0.15, -0.1) is 10.2 Å². The summed E-state index contributed by atoms with van der Waals surface area (Å²) in [6.45, 7) is 4.76. The Morgan fingerprint density at radius 2 is 1.88 bits per heavy atom. The first-order valence-electron chi connectivity index (χ1n) is 11.4.